The third-order valence-corrected chi connectivity index (χ3v) is 6.69. The molecule has 138 valence electrons. The van der Waals surface area contributed by atoms with Gasteiger partial charge < -0.3 is 10.6 Å². The molecule has 1 fully saturated rings. The van der Waals surface area contributed by atoms with Crippen molar-refractivity contribution in [1.29, 1.82) is 5.26 Å². The maximum atomic E-state index is 13.3. The van der Waals surface area contributed by atoms with Gasteiger partial charge in [-0.1, -0.05) is 18.2 Å². The van der Waals surface area contributed by atoms with Crippen LogP contribution < -0.4 is 16.2 Å². The molecule has 1 atom stereocenters. The largest absolute Gasteiger partial charge is 0.341 e. The second kappa shape index (κ2) is 7.43. The molecule has 0 saturated carbocycles. The van der Waals surface area contributed by atoms with Gasteiger partial charge in [-0.15, -0.1) is 11.3 Å². The summed E-state index contributed by atoms with van der Waals surface area (Å²) < 4.78 is 3.12. The maximum absolute atomic E-state index is 13.3. The van der Waals surface area contributed by atoms with E-state index in [9.17, 15) is 10.1 Å². The smallest absolute Gasteiger partial charge is 0.273 e. The molecular formula is C19H18BrN5OS. The zero-order valence-corrected chi connectivity index (χ0v) is 17.0. The summed E-state index contributed by atoms with van der Waals surface area (Å²) in [6.07, 6.45) is 1.94. The van der Waals surface area contributed by atoms with E-state index in [-0.39, 0.29) is 11.6 Å². The van der Waals surface area contributed by atoms with Gasteiger partial charge in [0, 0.05) is 24.5 Å². The molecule has 2 N–H and O–H groups in total. The highest BCUT2D eigenvalue weighted by Crippen LogP contribution is 2.29. The molecule has 1 aliphatic heterocycles. The van der Waals surface area contributed by atoms with Crippen molar-refractivity contribution in [3.05, 3.63) is 55.6 Å². The van der Waals surface area contributed by atoms with E-state index in [1.54, 1.807) is 10.6 Å². The first-order valence-corrected chi connectivity index (χ1v) is 10.4. The molecule has 6 nitrogen and oxygen atoms in total. The average Bonchev–Trinajstić information content (AvgIpc) is 3.05. The van der Waals surface area contributed by atoms with E-state index in [0.717, 1.165) is 29.4 Å². The quantitative estimate of drug-likeness (QED) is 0.671. The van der Waals surface area contributed by atoms with Gasteiger partial charge in [-0.2, -0.15) is 5.26 Å². The lowest BCUT2D eigenvalue weighted by molar-refractivity contribution is 0.492. The van der Waals surface area contributed by atoms with Crippen LogP contribution in [0, 0.1) is 11.3 Å². The summed E-state index contributed by atoms with van der Waals surface area (Å²) in [6.45, 7) is 1.79. The first-order chi connectivity index (χ1) is 13.1. The zero-order valence-electron chi connectivity index (χ0n) is 14.6. The van der Waals surface area contributed by atoms with E-state index >= 15 is 0 Å². The zero-order chi connectivity index (χ0) is 19.0. The molecule has 27 heavy (non-hydrogen) atoms. The summed E-state index contributed by atoms with van der Waals surface area (Å²) in [5.74, 6) is 0.620. The fourth-order valence-corrected chi connectivity index (χ4v) is 4.98. The average molecular weight is 444 g/mol. The molecule has 0 unspecified atom stereocenters. The van der Waals surface area contributed by atoms with Crippen molar-refractivity contribution < 1.29 is 0 Å². The van der Waals surface area contributed by atoms with Crippen LogP contribution in [0.25, 0.3) is 10.2 Å². The van der Waals surface area contributed by atoms with Crippen molar-refractivity contribution in [1.82, 2.24) is 9.55 Å². The van der Waals surface area contributed by atoms with E-state index in [4.69, 9.17) is 10.7 Å². The Morgan fingerprint density at radius 3 is 3.00 bits per heavy atom. The number of hydrogen-bond acceptors (Lipinski definition) is 6. The van der Waals surface area contributed by atoms with Gasteiger partial charge >= 0.3 is 0 Å². The van der Waals surface area contributed by atoms with Crippen LogP contribution >= 0.6 is 27.3 Å². The predicted molar refractivity (Wildman–Crippen MR) is 111 cm³/mol. The Kier molecular flexibility index (Phi) is 5.00. The van der Waals surface area contributed by atoms with Crippen LogP contribution in [0.4, 0.5) is 5.95 Å². The summed E-state index contributed by atoms with van der Waals surface area (Å²) in [6, 6.07) is 9.63. The monoisotopic (exact) mass is 443 g/mol. The topological polar surface area (TPSA) is 87.9 Å². The number of nitrogens with two attached hydrogens (primary N) is 1. The van der Waals surface area contributed by atoms with Crippen molar-refractivity contribution in [2.24, 2.45) is 5.73 Å². The number of thiophene rings is 1. The fourth-order valence-electron chi connectivity index (χ4n) is 3.47. The molecule has 3 aromatic rings. The highest BCUT2D eigenvalue weighted by atomic mass is 79.9. The number of aromatic nitrogens is 2. The van der Waals surface area contributed by atoms with E-state index in [1.807, 2.05) is 23.6 Å². The number of piperidine rings is 1. The van der Waals surface area contributed by atoms with Crippen LogP contribution in [0.15, 0.2) is 38.9 Å². The van der Waals surface area contributed by atoms with Gasteiger partial charge in [0.1, 0.15) is 10.2 Å². The van der Waals surface area contributed by atoms with E-state index in [0.29, 0.717) is 34.8 Å². The summed E-state index contributed by atoms with van der Waals surface area (Å²) in [5, 5.41) is 11.3. The molecule has 1 saturated heterocycles. The van der Waals surface area contributed by atoms with Crippen LogP contribution in [0.3, 0.4) is 0 Å². The first kappa shape index (κ1) is 18.2. The van der Waals surface area contributed by atoms with E-state index in [1.165, 1.54) is 11.3 Å². The van der Waals surface area contributed by atoms with Crippen molar-refractivity contribution >= 4 is 43.4 Å². The van der Waals surface area contributed by atoms with Crippen molar-refractivity contribution in [2.45, 2.75) is 25.4 Å². The van der Waals surface area contributed by atoms with Crippen molar-refractivity contribution in [3.8, 4) is 6.07 Å². The summed E-state index contributed by atoms with van der Waals surface area (Å²) in [4.78, 5) is 20.2. The predicted octanol–water partition coefficient (Wildman–Crippen LogP) is 3.07. The standard InChI is InChI=1S/C19H18BrN5OS/c20-15-11-27-17-16(15)23-19(24-7-3-6-14(22)10-24)25(18(17)26)9-13-5-2-1-4-12(13)8-21/h1-2,4-5,11,14H,3,6-7,9-10,22H2/t14-/m1/s1. The third-order valence-electron chi connectivity index (χ3n) is 4.82. The maximum Gasteiger partial charge on any atom is 0.273 e. The van der Waals surface area contributed by atoms with Gasteiger partial charge in [0.2, 0.25) is 5.95 Å². The Bertz CT molecular complexity index is 1100. The van der Waals surface area contributed by atoms with Gasteiger partial charge in [0.05, 0.1) is 22.7 Å². The number of rotatable bonds is 3. The van der Waals surface area contributed by atoms with Gasteiger partial charge in [0.15, 0.2) is 0 Å². The number of halogens is 1. The molecule has 0 radical (unpaired) electrons. The van der Waals surface area contributed by atoms with Crippen LogP contribution in [-0.4, -0.2) is 28.7 Å². The highest BCUT2D eigenvalue weighted by molar-refractivity contribution is 9.10. The third kappa shape index (κ3) is 3.38. The summed E-state index contributed by atoms with van der Waals surface area (Å²) in [7, 11) is 0. The van der Waals surface area contributed by atoms with Gasteiger partial charge in [-0.25, -0.2) is 4.98 Å². The Hall–Kier alpha value is -2.21. The molecule has 8 heteroatoms. The molecule has 4 rings (SSSR count). The molecule has 0 aliphatic carbocycles. The van der Waals surface area contributed by atoms with E-state index in [2.05, 4.69) is 26.9 Å². The second-order valence-corrected chi connectivity index (χ2v) is 8.42. The van der Waals surface area contributed by atoms with Crippen LogP contribution in [-0.2, 0) is 6.54 Å². The lowest BCUT2D eigenvalue weighted by atomic mass is 10.1. The Morgan fingerprint density at radius 1 is 1.41 bits per heavy atom. The highest BCUT2D eigenvalue weighted by Gasteiger charge is 2.24. The minimum absolute atomic E-state index is 0.0668. The first-order valence-electron chi connectivity index (χ1n) is 8.74. The minimum Gasteiger partial charge on any atom is -0.341 e. The molecule has 1 aliphatic rings. The Balaban J connectivity index is 1.89. The summed E-state index contributed by atoms with van der Waals surface area (Å²) >= 11 is 4.88. The molecule has 3 heterocycles. The number of nitriles is 1. The number of fused-ring (bicyclic) bond motifs is 1. The Morgan fingerprint density at radius 2 is 2.22 bits per heavy atom. The number of hydrogen-bond donors (Lipinski definition) is 1. The van der Waals surface area contributed by atoms with Crippen molar-refractivity contribution in [3.63, 3.8) is 0 Å². The summed E-state index contributed by atoms with van der Waals surface area (Å²) in [5.41, 5.74) is 8.14. The normalized spacial score (nSPS) is 17.2. The van der Waals surface area contributed by atoms with Gasteiger partial charge in [-0.05, 0) is 40.4 Å². The number of benzene rings is 1. The fraction of sp³-hybridized carbons (Fsp3) is 0.316. The molecule has 0 spiro atoms. The number of anilines is 1. The van der Waals surface area contributed by atoms with Crippen molar-refractivity contribution in [2.75, 3.05) is 18.0 Å². The van der Waals surface area contributed by atoms with Crippen LogP contribution in [0.5, 0.6) is 0 Å². The molecular weight excluding hydrogens is 426 g/mol. The van der Waals surface area contributed by atoms with Crippen LogP contribution in [0.1, 0.15) is 24.0 Å². The minimum atomic E-state index is -0.0856. The SMILES string of the molecule is N#Cc1ccccc1Cn1c(N2CCC[C@@H](N)C2)nc2c(Br)csc2c1=O. The van der Waals surface area contributed by atoms with Crippen LogP contribution in [0.2, 0.25) is 0 Å². The molecule has 0 bridgehead atoms. The molecule has 1 aromatic carbocycles. The number of nitrogens with zero attached hydrogens (tertiary/aromatic N) is 4. The molecule has 2 aromatic heterocycles. The van der Waals surface area contributed by atoms with Gasteiger partial charge in [0.25, 0.3) is 5.56 Å². The van der Waals surface area contributed by atoms with E-state index < -0.39 is 0 Å². The Labute approximate surface area is 169 Å². The lowest BCUT2D eigenvalue weighted by Gasteiger charge is -2.33. The lowest BCUT2D eigenvalue weighted by Crippen LogP contribution is -2.45. The van der Waals surface area contributed by atoms with Gasteiger partial charge in [-0.3, -0.25) is 9.36 Å². The molecule has 0 amide bonds. The second-order valence-electron chi connectivity index (χ2n) is 6.68.